The van der Waals surface area contributed by atoms with Gasteiger partial charge in [-0.25, -0.2) is 0 Å². The van der Waals surface area contributed by atoms with E-state index in [4.69, 9.17) is 17.2 Å². The average molecular weight is 1440 g/mol. The molecule has 0 aromatic carbocycles. The number of nitrogens with two attached hydrogens (primary N) is 3. The van der Waals surface area contributed by atoms with Crippen molar-refractivity contribution in [2.45, 2.75) is 219 Å². The van der Waals surface area contributed by atoms with Crippen LogP contribution in [0.2, 0.25) is 0 Å². The van der Waals surface area contributed by atoms with Gasteiger partial charge in [0.15, 0.2) is 17.5 Å². The number of nitrogens with one attached hydrogen (secondary N) is 3. The quantitative estimate of drug-likeness (QED) is 0.0599. The molecular weight excluding hydrogens is 1350 g/mol. The van der Waals surface area contributed by atoms with Crippen molar-refractivity contribution < 1.29 is 68.3 Å². The molecule has 9 N–H and O–H groups in total. The van der Waals surface area contributed by atoms with E-state index in [1.54, 1.807) is 18.9 Å². The number of nitriles is 3. The molecule has 8 heterocycles. The van der Waals surface area contributed by atoms with Gasteiger partial charge in [0.25, 0.3) is 17.7 Å². The number of carbonyl (C=O) groups excluding carboxylic acids is 6. The molecule has 35 heteroatoms. The van der Waals surface area contributed by atoms with Crippen LogP contribution >= 0.6 is 0 Å². The third-order valence-electron chi connectivity index (χ3n) is 22.9. The Balaban J connectivity index is 0.000000154. The number of aromatic nitrogens is 6. The zero-order chi connectivity index (χ0) is 73.3. The van der Waals surface area contributed by atoms with Gasteiger partial charge in [-0.05, 0) is 148 Å². The summed E-state index contributed by atoms with van der Waals surface area (Å²) in [6.45, 7) is 2.31. The molecule has 26 nitrogen and oxygen atoms in total. The summed E-state index contributed by atoms with van der Waals surface area (Å²) in [5.74, 6) is -3.70. The molecular formula is C67H89F9N20O6. The minimum atomic E-state index is -4.19. The van der Waals surface area contributed by atoms with Gasteiger partial charge < -0.3 is 38.1 Å². The van der Waals surface area contributed by atoms with Crippen LogP contribution in [0.3, 0.4) is 0 Å². The summed E-state index contributed by atoms with van der Waals surface area (Å²) in [6.07, 6.45) is 6.76. The molecule has 5 aliphatic heterocycles. The molecule has 3 aromatic heterocycles. The molecule has 2 unspecified atom stereocenters. The Bertz CT molecular complexity index is 3650. The zero-order valence-electron chi connectivity index (χ0n) is 56.8. The van der Waals surface area contributed by atoms with Crippen molar-refractivity contribution in [3.05, 3.63) is 35.3 Å². The van der Waals surface area contributed by atoms with Crippen LogP contribution in [0.4, 0.5) is 57.0 Å². The van der Waals surface area contributed by atoms with Gasteiger partial charge in [-0.2, -0.15) is 70.6 Å². The van der Waals surface area contributed by atoms with Gasteiger partial charge in [-0.3, -0.25) is 62.4 Å². The second kappa shape index (κ2) is 30.4. The van der Waals surface area contributed by atoms with Crippen LogP contribution < -0.4 is 33.2 Å². The fourth-order valence-corrected chi connectivity index (χ4v) is 16.4. The number of anilines is 3. The van der Waals surface area contributed by atoms with E-state index < -0.39 is 71.9 Å². The summed E-state index contributed by atoms with van der Waals surface area (Å²) in [5.41, 5.74) is 15.0. The highest BCUT2D eigenvalue weighted by atomic mass is 19.4. The largest absolute Gasteiger partial charge is 0.401 e. The Morgan fingerprint density at radius 3 is 1.04 bits per heavy atom. The number of nitrogens with zero attached hydrogens (tertiary/aromatic N) is 14. The number of halogens is 9. The average Bonchev–Trinajstić information content (AvgIpc) is 0.907. The molecule has 2 atom stereocenters. The number of piperidine rings is 2. The highest BCUT2D eigenvalue weighted by molar-refractivity contribution is 6.04. The second-order valence-corrected chi connectivity index (χ2v) is 29.8. The van der Waals surface area contributed by atoms with Crippen molar-refractivity contribution in [2.24, 2.45) is 40.9 Å². The maximum absolute atomic E-state index is 13.0. The van der Waals surface area contributed by atoms with E-state index in [9.17, 15) is 84.1 Å². The van der Waals surface area contributed by atoms with Gasteiger partial charge in [-0.1, -0.05) is 0 Å². The Kier molecular flexibility index (Phi) is 22.4. The second-order valence-electron chi connectivity index (χ2n) is 29.8. The van der Waals surface area contributed by atoms with Gasteiger partial charge in [0, 0.05) is 106 Å². The van der Waals surface area contributed by atoms with Gasteiger partial charge in [-0.15, -0.1) is 0 Å². The number of carbonyl (C=O) groups is 6. The SMILES string of the molecule is N#CCC1(n2cc(C(N)=O)c(NC(=O)C3CC3)n2)CCC(N2CC3CC(C2)N3CC(F)(F)F)CC1.N#CCC1(n2cc(C(N)=O)c(NC(=O)C3CC3)n2)CCC(N2CCC(C(F)(F)F)CC2)CC1.N#CCC1(n2cc(C(N)=O)c(NC(=O)C3CC3)n2)CCC(N2CCN(CC(F)(F)F)CC2)CC1. The fourth-order valence-electron chi connectivity index (χ4n) is 16.4. The van der Waals surface area contributed by atoms with Crippen LogP contribution in [0.1, 0.15) is 185 Å². The summed E-state index contributed by atoms with van der Waals surface area (Å²) in [7, 11) is 0. The van der Waals surface area contributed by atoms with Gasteiger partial charge in [0.05, 0.1) is 73.1 Å². The number of hydrogen-bond acceptors (Lipinski definition) is 17. The number of alkyl halides is 9. The summed E-state index contributed by atoms with van der Waals surface area (Å²) in [6, 6.07) is 7.21. The fraction of sp³-hybridized carbons (Fsp3) is 0.731. The monoisotopic (exact) mass is 1440 g/mol. The van der Waals surface area contributed by atoms with Crippen LogP contribution in [0.5, 0.6) is 0 Å². The zero-order valence-corrected chi connectivity index (χ0v) is 56.8. The number of rotatable bonds is 20. The first kappa shape index (κ1) is 75.3. The molecule has 6 saturated carbocycles. The molecule has 3 aromatic rings. The summed E-state index contributed by atoms with van der Waals surface area (Å²) < 4.78 is 120. The van der Waals surface area contributed by atoms with Crippen molar-refractivity contribution in [1.82, 2.24) is 53.8 Å². The molecule has 0 spiro atoms. The van der Waals surface area contributed by atoms with E-state index in [0.717, 1.165) is 70.6 Å². The van der Waals surface area contributed by atoms with Gasteiger partial charge >= 0.3 is 18.5 Å². The predicted molar refractivity (Wildman–Crippen MR) is 349 cm³/mol. The van der Waals surface area contributed by atoms with E-state index in [0.29, 0.717) is 104 Å². The highest BCUT2D eigenvalue weighted by Crippen LogP contribution is 2.47. The van der Waals surface area contributed by atoms with Crippen LogP contribution in [0.25, 0.3) is 0 Å². The third kappa shape index (κ3) is 17.8. The third-order valence-corrected chi connectivity index (χ3v) is 22.9. The van der Waals surface area contributed by atoms with Crippen molar-refractivity contribution in [3.8, 4) is 18.2 Å². The molecule has 5 saturated heterocycles. The smallest absolute Gasteiger partial charge is 0.365 e. The lowest BCUT2D eigenvalue weighted by Crippen LogP contribution is -2.71. The molecule has 102 heavy (non-hydrogen) atoms. The lowest BCUT2D eigenvalue weighted by molar-refractivity contribution is -0.191. The first-order valence-corrected chi connectivity index (χ1v) is 35.5. The Hall–Kier alpha value is -7.91. The Morgan fingerprint density at radius 1 is 0.441 bits per heavy atom. The van der Waals surface area contributed by atoms with Crippen molar-refractivity contribution in [3.63, 3.8) is 0 Å². The van der Waals surface area contributed by atoms with E-state index in [1.807, 2.05) is 0 Å². The van der Waals surface area contributed by atoms with Crippen molar-refractivity contribution in [2.75, 3.05) is 81.4 Å². The number of amides is 6. The molecule has 14 rings (SSSR count). The molecule has 6 aliphatic carbocycles. The molecule has 11 aliphatic rings. The maximum atomic E-state index is 13.0. The van der Waals surface area contributed by atoms with Crippen molar-refractivity contribution in [1.29, 1.82) is 15.8 Å². The van der Waals surface area contributed by atoms with E-state index >= 15 is 0 Å². The Labute approximate surface area is 584 Å². The van der Waals surface area contributed by atoms with Crippen LogP contribution in [0, 0.1) is 57.7 Å². The first-order valence-electron chi connectivity index (χ1n) is 35.5. The highest BCUT2D eigenvalue weighted by Gasteiger charge is 2.52. The molecule has 2 bridgehead atoms. The summed E-state index contributed by atoms with van der Waals surface area (Å²) >= 11 is 0. The van der Waals surface area contributed by atoms with Crippen LogP contribution in [-0.2, 0) is 31.0 Å². The number of primary amides is 3. The molecule has 0 radical (unpaired) electrons. The minimum Gasteiger partial charge on any atom is -0.365 e. The van der Waals surface area contributed by atoms with Crippen molar-refractivity contribution >= 4 is 52.9 Å². The normalized spacial score (nSPS) is 28.5. The van der Waals surface area contributed by atoms with Gasteiger partial charge in [0.2, 0.25) is 17.7 Å². The molecule has 11 fully saturated rings. The maximum Gasteiger partial charge on any atom is 0.401 e. The van der Waals surface area contributed by atoms with E-state index in [1.165, 1.54) is 23.5 Å². The number of likely N-dealkylation sites (tertiary alicyclic amines) is 1. The number of fused-ring (bicyclic) bond motifs is 2. The Morgan fingerprint density at radius 2 is 0.755 bits per heavy atom. The molecule has 556 valence electrons. The van der Waals surface area contributed by atoms with E-state index in [2.05, 4.69) is 64.2 Å². The van der Waals surface area contributed by atoms with Crippen LogP contribution in [0.15, 0.2) is 18.6 Å². The lowest BCUT2D eigenvalue weighted by atomic mass is 9.76. The minimum absolute atomic E-state index is 0.0527. The first-order chi connectivity index (χ1) is 48.3. The van der Waals surface area contributed by atoms with Gasteiger partial charge in [0.1, 0.15) is 16.7 Å². The van der Waals surface area contributed by atoms with Crippen LogP contribution in [-0.4, -0.2) is 203 Å². The van der Waals surface area contributed by atoms with E-state index in [-0.39, 0.29) is 132 Å². The number of piperazine rings is 2. The molecule has 6 amide bonds. The predicted octanol–water partition coefficient (Wildman–Crippen LogP) is 7.42. The summed E-state index contributed by atoms with van der Waals surface area (Å²) in [5, 5.41) is 50.2. The lowest BCUT2D eigenvalue weighted by Gasteiger charge is -2.58. The summed E-state index contributed by atoms with van der Waals surface area (Å²) in [4.78, 5) is 82.4. The number of hydrogen-bond donors (Lipinski definition) is 6. The topological polar surface area (TPSA) is 358 Å². The standard InChI is InChI=1S/C23H30F3N7O2.C22H30F3N7O2.C22H29F3N6O2/c24-23(25,26)13-32-16-9-17(32)11-31(10-16)15-3-5-22(6-4-15,7-8-27)33-12-18(19(28)34)20(30-33)29-21(35)14-1-2-14;23-22(24,25)14-30-9-11-31(12-10-30)16-3-5-21(6-4-16,7-8-26)32-13-17(18(27)33)19(29-32)28-20(34)15-1-2-15;23-22(24,25)15-5-11-30(12-6-15)16-3-7-21(8-4-16,9-10-26)31-13-17(18(27)32)19(29-31)28-20(33)14-1-2-14/h12,14-17H,1-7,9-11,13H2,(H2,28,34)(H,29,30,35);13,15-16H,1-7,9-12,14H2,(H2,27,33)(H,28,29,34);13-16H,1-9,11-12H2,(H2,27,32)(H,28,29,33).